The van der Waals surface area contributed by atoms with E-state index in [4.69, 9.17) is 10.8 Å². The van der Waals surface area contributed by atoms with Crippen LogP contribution in [0.1, 0.15) is 20.8 Å². The third-order valence-electron chi connectivity index (χ3n) is 2.11. The molecule has 1 aromatic carbocycles. The Labute approximate surface area is 101 Å². The number of hydrogen-bond acceptors (Lipinski definition) is 4. The molecule has 0 fully saturated rings. The molecule has 0 spiro atoms. The summed E-state index contributed by atoms with van der Waals surface area (Å²) in [4.78, 5) is 25.7. The lowest BCUT2D eigenvalue weighted by Gasteiger charge is -1.98. The molecule has 1 aromatic heterocycles. The van der Waals surface area contributed by atoms with Gasteiger partial charge in [0.25, 0.3) is 5.91 Å². The fourth-order valence-corrected chi connectivity index (χ4v) is 2.11. The number of aromatic carboxylic acids is 1. The molecule has 2 aromatic rings. The van der Waals surface area contributed by atoms with E-state index >= 15 is 0 Å². The van der Waals surface area contributed by atoms with Gasteiger partial charge >= 0.3 is 5.97 Å². The Balaban J connectivity index is 2.42. The normalized spacial score (nSPS) is 10.1. The number of carboxylic acids is 1. The maximum absolute atomic E-state index is 10.9. The highest BCUT2D eigenvalue weighted by Crippen LogP contribution is 2.24. The number of benzene rings is 1. The molecule has 1 amide bonds. The minimum absolute atomic E-state index is 0.179. The van der Waals surface area contributed by atoms with E-state index in [1.165, 1.54) is 23.5 Å². The zero-order valence-electron chi connectivity index (χ0n) is 8.58. The van der Waals surface area contributed by atoms with Gasteiger partial charge in [-0.3, -0.25) is 4.79 Å². The molecule has 6 heteroatoms. The molecule has 0 bridgehead atoms. The molecule has 1 heterocycles. The lowest BCUT2D eigenvalue weighted by atomic mass is 10.1. The van der Waals surface area contributed by atoms with Crippen molar-refractivity contribution in [3.8, 4) is 10.6 Å². The maximum Gasteiger partial charge on any atom is 0.335 e. The Bertz CT molecular complexity index is 592. The molecule has 0 saturated carbocycles. The first-order valence-electron chi connectivity index (χ1n) is 4.67. The summed E-state index contributed by atoms with van der Waals surface area (Å²) in [6, 6.07) is 6.36. The Hall–Kier alpha value is -2.21. The second-order valence-corrected chi connectivity index (χ2v) is 4.15. The van der Waals surface area contributed by atoms with Gasteiger partial charge in [0.15, 0.2) is 0 Å². The van der Waals surface area contributed by atoms with Crippen LogP contribution in [0.5, 0.6) is 0 Å². The number of nitrogens with two attached hydrogens (primary N) is 1. The molecular formula is C11H8N2O3S. The van der Waals surface area contributed by atoms with Gasteiger partial charge in [-0.05, 0) is 12.1 Å². The van der Waals surface area contributed by atoms with Crippen molar-refractivity contribution in [2.45, 2.75) is 0 Å². The zero-order valence-corrected chi connectivity index (χ0v) is 9.40. The topological polar surface area (TPSA) is 93.3 Å². The predicted octanol–water partition coefficient (Wildman–Crippen LogP) is 1.61. The fraction of sp³-hybridized carbons (Fsp3) is 0. The van der Waals surface area contributed by atoms with E-state index in [0.29, 0.717) is 10.6 Å². The summed E-state index contributed by atoms with van der Waals surface area (Å²) in [6.45, 7) is 0. The van der Waals surface area contributed by atoms with Gasteiger partial charge in [0.2, 0.25) is 0 Å². The molecule has 0 saturated heterocycles. The molecule has 0 aliphatic heterocycles. The molecule has 0 aliphatic carbocycles. The quantitative estimate of drug-likeness (QED) is 0.862. The van der Waals surface area contributed by atoms with E-state index in [0.717, 1.165) is 0 Å². The molecular weight excluding hydrogens is 240 g/mol. The van der Waals surface area contributed by atoms with Gasteiger partial charge in [-0.1, -0.05) is 12.1 Å². The van der Waals surface area contributed by atoms with Crippen molar-refractivity contribution in [3.05, 3.63) is 40.9 Å². The Kier molecular flexibility index (Phi) is 2.88. The molecule has 0 aliphatic rings. The highest BCUT2D eigenvalue weighted by molar-refractivity contribution is 7.13. The summed E-state index contributed by atoms with van der Waals surface area (Å²) >= 11 is 1.25. The van der Waals surface area contributed by atoms with Crippen LogP contribution in [0.25, 0.3) is 10.6 Å². The van der Waals surface area contributed by atoms with Crippen LogP contribution < -0.4 is 5.73 Å². The first kappa shape index (κ1) is 11.3. The molecule has 0 atom stereocenters. The van der Waals surface area contributed by atoms with E-state index in [-0.39, 0.29) is 11.3 Å². The van der Waals surface area contributed by atoms with Gasteiger partial charge in [-0.25, -0.2) is 9.78 Å². The van der Waals surface area contributed by atoms with Crippen LogP contribution in [0.15, 0.2) is 29.6 Å². The number of carboxylic acid groups (broad SMARTS) is 1. The number of amides is 1. The SMILES string of the molecule is NC(=O)c1csc(-c2cccc(C(=O)O)c2)n1. The van der Waals surface area contributed by atoms with Crippen molar-refractivity contribution >= 4 is 23.2 Å². The molecule has 0 radical (unpaired) electrons. The summed E-state index contributed by atoms with van der Waals surface area (Å²) in [5.74, 6) is -1.60. The minimum atomic E-state index is -1.00. The lowest BCUT2D eigenvalue weighted by molar-refractivity contribution is 0.0696. The highest BCUT2D eigenvalue weighted by atomic mass is 32.1. The predicted molar refractivity (Wildman–Crippen MR) is 63.0 cm³/mol. The number of nitrogens with zero attached hydrogens (tertiary/aromatic N) is 1. The monoisotopic (exact) mass is 248 g/mol. The Morgan fingerprint density at radius 1 is 1.35 bits per heavy atom. The second-order valence-electron chi connectivity index (χ2n) is 3.29. The van der Waals surface area contributed by atoms with Crippen molar-refractivity contribution in [1.29, 1.82) is 0 Å². The van der Waals surface area contributed by atoms with Gasteiger partial charge in [0, 0.05) is 10.9 Å². The van der Waals surface area contributed by atoms with E-state index < -0.39 is 11.9 Å². The summed E-state index contributed by atoms with van der Waals surface area (Å²) in [5.41, 5.74) is 6.11. The minimum Gasteiger partial charge on any atom is -0.478 e. The highest BCUT2D eigenvalue weighted by Gasteiger charge is 2.10. The maximum atomic E-state index is 10.9. The second kappa shape index (κ2) is 4.34. The number of thiazole rings is 1. The summed E-state index contributed by atoms with van der Waals surface area (Å²) in [5, 5.41) is 11.0. The van der Waals surface area contributed by atoms with E-state index in [9.17, 15) is 9.59 Å². The third kappa shape index (κ3) is 2.31. The zero-order chi connectivity index (χ0) is 12.4. The van der Waals surface area contributed by atoms with Crippen molar-refractivity contribution in [2.24, 2.45) is 5.73 Å². The first-order chi connectivity index (χ1) is 8.08. The summed E-state index contributed by atoms with van der Waals surface area (Å²) < 4.78 is 0. The van der Waals surface area contributed by atoms with Crippen molar-refractivity contribution in [3.63, 3.8) is 0 Å². The van der Waals surface area contributed by atoms with Gasteiger partial charge in [0.1, 0.15) is 10.7 Å². The fourth-order valence-electron chi connectivity index (χ4n) is 1.30. The average molecular weight is 248 g/mol. The largest absolute Gasteiger partial charge is 0.478 e. The molecule has 5 nitrogen and oxygen atoms in total. The van der Waals surface area contributed by atoms with Crippen LogP contribution in [-0.4, -0.2) is 22.0 Å². The van der Waals surface area contributed by atoms with Gasteiger partial charge in [0.05, 0.1) is 5.56 Å². The third-order valence-corrected chi connectivity index (χ3v) is 3.00. The Morgan fingerprint density at radius 2 is 2.12 bits per heavy atom. The van der Waals surface area contributed by atoms with Gasteiger partial charge in [-0.2, -0.15) is 0 Å². The molecule has 17 heavy (non-hydrogen) atoms. The number of rotatable bonds is 3. The molecule has 3 N–H and O–H groups in total. The van der Waals surface area contributed by atoms with E-state index in [2.05, 4.69) is 4.98 Å². The summed E-state index contributed by atoms with van der Waals surface area (Å²) in [6.07, 6.45) is 0. The van der Waals surface area contributed by atoms with Crippen molar-refractivity contribution < 1.29 is 14.7 Å². The number of hydrogen-bond donors (Lipinski definition) is 2. The molecule has 2 rings (SSSR count). The van der Waals surface area contributed by atoms with Gasteiger partial charge in [-0.15, -0.1) is 11.3 Å². The average Bonchev–Trinajstić information content (AvgIpc) is 2.78. The smallest absolute Gasteiger partial charge is 0.335 e. The van der Waals surface area contributed by atoms with Crippen LogP contribution in [0.2, 0.25) is 0 Å². The van der Waals surface area contributed by atoms with E-state index in [1.807, 2.05) is 0 Å². The van der Waals surface area contributed by atoms with Crippen LogP contribution in [0.4, 0.5) is 0 Å². The summed E-state index contributed by atoms with van der Waals surface area (Å²) in [7, 11) is 0. The van der Waals surface area contributed by atoms with Crippen LogP contribution in [-0.2, 0) is 0 Å². The standard InChI is InChI=1S/C11H8N2O3S/c12-9(14)8-5-17-10(13-8)6-2-1-3-7(4-6)11(15)16/h1-5H,(H2,12,14)(H,15,16). The van der Waals surface area contributed by atoms with Crippen LogP contribution in [0.3, 0.4) is 0 Å². The van der Waals surface area contributed by atoms with E-state index in [1.54, 1.807) is 17.5 Å². The number of aromatic nitrogens is 1. The Morgan fingerprint density at radius 3 is 2.71 bits per heavy atom. The van der Waals surface area contributed by atoms with Crippen LogP contribution in [0, 0.1) is 0 Å². The number of carbonyl (C=O) groups is 2. The van der Waals surface area contributed by atoms with Gasteiger partial charge < -0.3 is 10.8 Å². The number of primary amides is 1. The van der Waals surface area contributed by atoms with Crippen LogP contribution >= 0.6 is 11.3 Å². The first-order valence-corrected chi connectivity index (χ1v) is 5.55. The molecule has 86 valence electrons. The lowest BCUT2D eigenvalue weighted by Crippen LogP contribution is -2.10. The number of carbonyl (C=O) groups excluding carboxylic acids is 1. The van der Waals surface area contributed by atoms with Crippen molar-refractivity contribution in [1.82, 2.24) is 4.98 Å². The molecule has 0 unspecified atom stereocenters. The van der Waals surface area contributed by atoms with Crippen molar-refractivity contribution in [2.75, 3.05) is 0 Å².